The zero-order chi connectivity index (χ0) is 11.3. The minimum Gasteiger partial charge on any atom is -0.497 e. The van der Waals surface area contributed by atoms with Crippen molar-refractivity contribution in [1.82, 2.24) is 0 Å². The van der Waals surface area contributed by atoms with Gasteiger partial charge in [-0.2, -0.15) is 0 Å². The Morgan fingerprint density at radius 1 is 1.20 bits per heavy atom. The van der Waals surface area contributed by atoms with E-state index < -0.39 is 0 Å². The summed E-state index contributed by atoms with van der Waals surface area (Å²) < 4.78 is 10.5. The van der Waals surface area contributed by atoms with Gasteiger partial charge in [0.1, 0.15) is 11.5 Å². The summed E-state index contributed by atoms with van der Waals surface area (Å²) in [6.45, 7) is 2.44. The Hall–Kier alpha value is -1.26. The fraction of sp³-hybridized carbons (Fsp3) is 0.455. The summed E-state index contributed by atoms with van der Waals surface area (Å²) >= 11 is 0. The molecule has 0 unspecified atom stereocenters. The third-order valence-corrected chi connectivity index (χ3v) is 2.25. The lowest BCUT2D eigenvalue weighted by atomic mass is 10.1. The van der Waals surface area contributed by atoms with E-state index in [-0.39, 0.29) is 0 Å². The second-order valence-corrected chi connectivity index (χ2v) is 3.26. The number of benzene rings is 1. The van der Waals surface area contributed by atoms with Gasteiger partial charge in [-0.15, -0.1) is 0 Å². The van der Waals surface area contributed by atoms with E-state index in [1.165, 1.54) is 0 Å². The van der Waals surface area contributed by atoms with Crippen LogP contribution in [0, 0.1) is 6.92 Å². The Balaban J connectivity index is 3.02. The average molecular weight is 211 g/mol. The Kier molecular flexibility index (Phi) is 4.39. The highest BCUT2D eigenvalue weighted by molar-refractivity contribution is 5.46. The molecule has 2 N–H and O–H groups in total. The van der Waals surface area contributed by atoms with Crippen LogP contribution in [-0.4, -0.2) is 20.8 Å². The minimum atomic E-state index is 0.461. The predicted molar refractivity (Wildman–Crippen MR) is 58.1 cm³/mol. The Morgan fingerprint density at radius 2 is 1.93 bits per heavy atom. The number of ether oxygens (including phenoxy) is 2. The molecule has 0 spiro atoms. The topological polar surface area (TPSA) is 53.7 Å². The van der Waals surface area contributed by atoms with Crippen LogP contribution >= 0.6 is 0 Å². The van der Waals surface area contributed by atoms with E-state index in [9.17, 15) is 0 Å². The SMILES string of the molecule is COc1cc(C)c(OC)c(CCON)c1. The molecule has 0 aliphatic heterocycles. The third kappa shape index (κ3) is 2.84. The molecule has 1 aromatic carbocycles. The van der Waals surface area contributed by atoms with E-state index in [2.05, 4.69) is 4.84 Å². The first-order valence-electron chi connectivity index (χ1n) is 4.76. The van der Waals surface area contributed by atoms with Gasteiger partial charge in [-0.3, -0.25) is 0 Å². The summed E-state index contributed by atoms with van der Waals surface area (Å²) in [5.41, 5.74) is 2.09. The van der Waals surface area contributed by atoms with Gasteiger partial charge in [0, 0.05) is 12.0 Å². The molecule has 0 aromatic heterocycles. The molecular formula is C11H17NO3. The van der Waals surface area contributed by atoms with Crippen LogP contribution in [-0.2, 0) is 11.3 Å². The molecule has 84 valence electrons. The minimum absolute atomic E-state index is 0.461. The molecule has 0 saturated carbocycles. The van der Waals surface area contributed by atoms with E-state index in [0.29, 0.717) is 13.0 Å². The Morgan fingerprint density at radius 3 is 2.47 bits per heavy atom. The molecule has 0 heterocycles. The average Bonchev–Trinajstić information content (AvgIpc) is 2.25. The first-order valence-corrected chi connectivity index (χ1v) is 4.76. The van der Waals surface area contributed by atoms with Crippen molar-refractivity contribution >= 4 is 0 Å². The monoisotopic (exact) mass is 211 g/mol. The first-order chi connectivity index (χ1) is 7.22. The van der Waals surface area contributed by atoms with Gasteiger partial charge >= 0.3 is 0 Å². The number of hydrogen-bond donors (Lipinski definition) is 1. The van der Waals surface area contributed by atoms with E-state index in [0.717, 1.165) is 22.6 Å². The number of methoxy groups -OCH3 is 2. The van der Waals surface area contributed by atoms with Crippen molar-refractivity contribution in [2.75, 3.05) is 20.8 Å². The van der Waals surface area contributed by atoms with Crippen LogP contribution in [0.3, 0.4) is 0 Å². The summed E-state index contributed by atoms with van der Waals surface area (Å²) in [6.07, 6.45) is 0.706. The maximum atomic E-state index is 5.32. The molecule has 0 aliphatic rings. The maximum Gasteiger partial charge on any atom is 0.125 e. The van der Waals surface area contributed by atoms with E-state index in [1.54, 1.807) is 14.2 Å². The van der Waals surface area contributed by atoms with Gasteiger partial charge in [-0.1, -0.05) is 0 Å². The van der Waals surface area contributed by atoms with Crippen LogP contribution in [0.15, 0.2) is 12.1 Å². The smallest absolute Gasteiger partial charge is 0.125 e. The zero-order valence-electron chi connectivity index (χ0n) is 9.37. The molecule has 1 aromatic rings. The van der Waals surface area contributed by atoms with Crippen LogP contribution < -0.4 is 15.4 Å². The zero-order valence-corrected chi connectivity index (χ0v) is 9.37. The number of rotatable bonds is 5. The number of nitrogens with two attached hydrogens (primary N) is 1. The summed E-state index contributed by atoms with van der Waals surface area (Å²) in [7, 11) is 3.30. The summed E-state index contributed by atoms with van der Waals surface area (Å²) in [6, 6.07) is 3.87. The van der Waals surface area contributed by atoms with Crippen molar-refractivity contribution < 1.29 is 14.3 Å². The summed E-state index contributed by atoms with van der Waals surface area (Å²) in [5, 5.41) is 0. The lowest BCUT2D eigenvalue weighted by molar-refractivity contribution is 0.140. The molecule has 0 fully saturated rings. The van der Waals surface area contributed by atoms with Crippen LogP contribution in [0.1, 0.15) is 11.1 Å². The highest BCUT2D eigenvalue weighted by atomic mass is 16.6. The molecule has 0 radical (unpaired) electrons. The van der Waals surface area contributed by atoms with E-state index >= 15 is 0 Å². The Labute approximate surface area is 89.9 Å². The molecule has 0 amide bonds. The fourth-order valence-corrected chi connectivity index (χ4v) is 1.58. The normalized spacial score (nSPS) is 10.1. The standard InChI is InChI=1S/C11H17NO3/c1-8-6-10(13-2)7-9(4-5-15-12)11(8)14-3/h6-7H,4-5,12H2,1-3H3. The van der Waals surface area contributed by atoms with Crippen LogP contribution in [0.5, 0.6) is 11.5 Å². The predicted octanol–water partition coefficient (Wildman–Crippen LogP) is 1.45. The third-order valence-electron chi connectivity index (χ3n) is 2.25. The second kappa shape index (κ2) is 5.58. The molecule has 0 aliphatic carbocycles. The quantitative estimate of drug-likeness (QED) is 0.749. The molecular weight excluding hydrogens is 194 g/mol. The fourth-order valence-electron chi connectivity index (χ4n) is 1.58. The number of hydrogen-bond acceptors (Lipinski definition) is 4. The lowest BCUT2D eigenvalue weighted by Gasteiger charge is -2.13. The summed E-state index contributed by atoms with van der Waals surface area (Å²) in [5.74, 6) is 6.69. The summed E-state index contributed by atoms with van der Waals surface area (Å²) in [4.78, 5) is 4.56. The molecule has 0 atom stereocenters. The molecule has 0 saturated heterocycles. The van der Waals surface area contributed by atoms with Gasteiger partial charge < -0.3 is 14.3 Å². The Bertz CT molecular complexity index is 326. The van der Waals surface area contributed by atoms with Crippen molar-refractivity contribution in [2.24, 2.45) is 5.90 Å². The number of aryl methyl sites for hydroxylation is 1. The van der Waals surface area contributed by atoms with Crippen LogP contribution in [0.4, 0.5) is 0 Å². The van der Waals surface area contributed by atoms with Gasteiger partial charge in [0.05, 0.1) is 20.8 Å². The molecule has 15 heavy (non-hydrogen) atoms. The van der Waals surface area contributed by atoms with Crippen molar-refractivity contribution in [3.05, 3.63) is 23.3 Å². The largest absolute Gasteiger partial charge is 0.497 e. The second-order valence-electron chi connectivity index (χ2n) is 3.26. The molecule has 4 heteroatoms. The highest BCUT2D eigenvalue weighted by Crippen LogP contribution is 2.28. The molecule has 0 bridgehead atoms. The van der Waals surface area contributed by atoms with E-state index in [1.807, 2.05) is 19.1 Å². The highest BCUT2D eigenvalue weighted by Gasteiger charge is 2.08. The van der Waals surface area contributed by atoms with Gasteiger partial charge in [0.15, 0.2) is 0 Å². The van der Waals surface area contributed by atoms with Gasteiger partial charge in [0.25, 0.3) is 0 Å². The molecule has 4 nitrogen and oxygen atoms in total. The van der Waals surface area contributed by atoms with E-state index in [4.69, 9.17) is 15.4 Å². The lowest BCUT2D eigenvalue weighted by Crippen LogP contribution is -2.05. The van der Waals surface area contributed by atoms with Crippen molar-refractivity contribution in [3.63, 3.8) is 0 Å². The van der Waals surface area contributed by atoms with Crippen molar-refractivity contribution in [1.29, 1.82) is 0 Å². The van der Waals surface area contributed by atoms with Gasteiger partial charge in [0.2, 0.25) is 0 Å². The van der Waals surface area contributed by atoms with Crippen molar-refractivity contribution in [2.45, 2.75) is 13.3 Å². The van der Waals surface area contributed by atoms with Crippen LogP contribution in [0.25, 0.3) is 0 Å². The van der Waals surface area contributed by atoms with Gasteiger partial charge in [-0.25, -0.2) is 5.90 Å². The van der Waals surface area contributed by atoms with Gasteiger partial charge in [-0.05, 0) is 24.6 Å². The van der Waals surface area contributed by atoms with Crippen molar-refractivity contribution in [3.8, 4) is 11.5 Å². The molecule has 1 rings (SSSR count). The van der Waals surface area contributed by atoms with Crippen LogP contribution in [0.2, 0.25) is 0 Å². The maximum absolute atomic E-state index is 5.32. The first kappa shape index (κ1) is 11.8.